The number of fused-ring (bicyclic) bond motifs is 1. The maximum absolute atomic E-state index is 13.1. The predicted molar refractivity (Wildman–Crippen MR) is 119 cm³/mol. The van der Waals surface area contributed by atoms with Crippen molar-refractivity contribution < 1.29 is 18.0 Å². The van der Waals surface area contributed by atoms with E-state index in [4.69, 9.17) is 11.6 Å². The average molecular weight is 495 g/mol. The molecule has 0 aromatic carbocycles. The van der Waals surface area contributed by atoms with Gasteiger partial charge in [-0.1, -0.05) is 17.7 Å². The van der Waals surface area contributed by atoms with E-state index in [9.17, 15) is 18.0 Å². The van der Waals surface area contributed by atoms with E-state index in [1.54, 1.807) is 12.1 Å². The SMILES string of the molecule is O=C(C1CCN(c2ccc3nnc(C(F)(F)F)n3n2)CC1)N1CCN(c2cccc(Cl)n2)CC1. The Labute approximate surface area is 198 Å². The minimum absolute atomic E-state index is 0.0354. The highest BCUT2D eigenvalue weighted by molar-refractivity contribution is 6.29. The molecule has 5 heterocycles. The summed E-state index contributed by atoms with van der Waals surface area (Å²) in [6.07, 6.45) is -3.41. The zero-order valence-corrected chi connectivity index (χ0v) is 18.9. The Morgan fingerprint density at radius 2 is 1.62 bits per heavy atom. The topological polar surface area (TPSA) is 82.8 Å². The highest BCUT2D eigenvalue weighted by atomic mass is 35.5. The number of aromatic nitrogens is 5. The molecule has 0 saturated carbocycles. The number of alkyl halides is 3. The number of nitrogens with zero attached hydrogens (tertiary/aromatic N) is 8. The quantitative estimate of drug-likeness (QED) is 0.518. The van der Waals surface area contributed by atoms with E-state index in [0.717, 1.165) is 10.3 Å². The van der Waals surface area contributed by atoms with Crippen LogP contribution in [0.25, 0.3) is 5.65 Å². The van der Waals surface area contributed by atoms with Crippen molar-refractivity contribution in [3.8, 4) is 0 Å². The first-order valence-corrected chi connectivity index (χ1v) is 11.4. The van der Waals surface area contributed by atoms with Crippen molar-refractivity contribution in [1.29, 1.82) is 0 Å². The molecule has 2 saturated heterocycles. The van der Waals surface area contributed by atoms with Crippen LogP contribution in [0.4, 0.5) is 24.8 Å². The van der Waals surface area contributed by atoms with E-state index in [-0.39, 0.29) is 17.5 Å². The number of piperazine rings is 1. The smallest absolute Gasteiger partial charge is 0.355 e. The van der Waals surface area contributed by atoms with Crippen molar-refractivity contribution in [2.75, 3.05) is 49.1 Å². The highest BCUT2D eigenvalue weighted by Gasteiger charge is 2.38. The second-order valence-corrected chi connectivity index (χ2v) is 8.76. The van der Waals surface area contributed by atoms with E-state index in [1.807, 2.05) is 21.9 Å². The summed E-state index contributed by atoms with van der Waals surface area (Å²) in [6, 6.07) is 8.59. The molecule has 2 fully saturated rings. The number of anilines is 2. The maximum Gasteiger partial charge on any atom is 0.453 e. The maximum atomic E-state index is 13.1. The third kappa shape index (κ3) is 4.46. The summed E-state index contributed by atoms with van der Waals surface area (Å²) in [6.45, 7) is 3.65. The van der Waals surface area contributed by atoms with Crippen LogP contribution < -0.4 is 9.80 Å². The van der Waals surface area contributed by atoms with E-state index in [2.05, 4.69) is 25.2 Å². The number of halogens is 4. The van der Waals surface area contributed by atoms with Crippen LogP contribution in [0.15, 0.2) is 30.3 Å². The minimum Gasteiger partial charge on any atom is -0.355 e. The zero-order chi connectivity index (χ0) is 23.9. The molecule has 3 aromatic rings. The van der Waals surface area contributed by atoms with Crippen LogP contribution in [0.5, 0.6) is 0 Å². The van der Waals surface area contributed by atoms with Crippen LogP contribution in [0.3, 0.4) is 0 Å². The van der Waals surface area contributed by atoms with Crippen molar-refractivity contribution in [3.05, 3.63) is 41.3 Å². The molecule has 34 heavy (non-hydrogen) atoms. The molecule has 2 aliphatic heterocycles. The van der Waals surface area contributed by atoms with Crippen molar-refractivity contribution in [2.24, 2.45) is 5.92 Å². The number of pyridine rings is 1. The summed E-state index contributed by atoms with van der Waals surface area (Å²) in [4.78, 5) is 23.3. The van der Waals surface area contributed by atoms with Gasteiger partial charge in [0.25, 0.3) is 5.82 Å². The van der Waals surface area contributed by atoms with Crippen LogP contribution in [0.2, 0.25) is 5.15 Å². The van der Waals surface area contributed by atoms with Gasteiger partial charge in [0.05, 0.1) is 0 Å². The molecule has 9 nitrogen and oxygen atoms in total. The Bertz CT molecular complexity index is 1190. The fourth-order valence-electron chi connectivity index (χ4n) is 4.47. The number of hydrogen-bond acceptors (Lipinski definition) is 7. The van der Waals surface area contributed by atoms with Crippen LogP contribution in [-0.2, 0) is 11.0 Å². The number of amides is 1. The zero-order valence-electron chi connectivity index (χ0n) is 18.1. The fraction of sp³-hybridized carbons (Fsp3) is 0.476. The normalized spacial score (nSPS) is 18.1. The Hall–Kier alpha value is -3.15. The van der Waals surface area contributed by atoms with Crippen molar-refractivity contribution in [3.63, 3.8) is 0 Å². The second-order valence-electron chi connectivity index (χ2n) is 8.38. The molecule has 0 bridgehead atoms. The number of carbonyl (C=O) groups is 1. The molecule has 180 valence electrons. The van der Waals surface area contributed by atoms with Gasteiger partial charge in [0.1, 0.15) is 16.8 Å². The fourth-order valence-corrected chi connectivity index (χ4v) is 4.63. The van der Waals surface area contributed by atoms with Gasteiger partial charge in [0, 0.05) is 45.2 Å². The standard InChI is InChI=1S/C21H22ClF3N8O/c22-15-2-1-3-16(26-15)31-10-12-32(13-11-31)19(34)14-6-8-30(9-7-14)18-5-4-17-27-28-20(21(23,24)25)33(17)29-18/h1-5,14H,6-13H2. The summed E-state index contributed by atoms with van der Waals surface area (Å²) in [5.74, 6) is 0.0726. The first kappa shape index (κ1) is 22.6. The van der Waals surface area contributed by atoms with Crippen molar-refractivity contribution in [2.45, 2.75) is 19.0 Å². The molecule has 0 atom stereocenters. The molecule has 13 heteroatoms. The molecule has 5 rings (SSSR count). The Balaban J connectivity index is 1.18. The highest BCUT2D eigenvalue weighted by Crippen LogP contribution is 2.29. The van der Waals surface area contributed by atoms with Crippen molar-refractivity contribution in [1.82, 2.24) is 29.7 Å². The van der Waals surface area contributed by atoms with Crippen LogP contribution >= 0.6 is 11.6 Å². The van der Waals surface area contributed by atoms with Gasteiger partial charge in [-0.25, -0.2) is 4.98 Å². The molecule has 0 unspecified atom stereocenters. The third-order valence-electron chi connectivity index (χ3n) is 6.29. The van der Waals surface area contributed by atoms with E-state index < -0.39 is 12.0 Å². The van der Waals surface area contributed by atoms with Crippen LogP contribution in [0, 0.1) is 5.92 Å². The molecule has 0 aliphatic carbocycles. The number of carbonyl (C=O) groups excluding carboxylic acids is 1. The summed E-state index contributed by atoms with van der Waals surface area (Å²) in [7, 11) is 0. The first-order chi connectivity index (χ1) is 16.3. The predicted octanol–water partition coefficient (Wildman–Crippen LogP) is 2.76. The largest absolute Gasteiger partial charge is 0.453 e. The Kier molecular flexibility index (Phi) is 5.92. The van der Waals surface area contributed by atoms with E-state index in [0.29, 0.717) is 63.1 Å². The molecule has 1 amide bonds. The van der Waals surface area contributed by atoms with Gasteiger partial charge in [-0.3, -0.25) is 4.79 Å². The molecular weight excluding hydrogens is 473 g/mol. The van der Waals surface area contributed by atoms with Crippen LogP contribution in [0.1, 0.15) is 18.7 Å². The average Bonchev–Trinajstić information content (AvgIpc) is 3.28. The molecule has 0 spiro atoms. The monoisotopic (exact) mass is 494 g/mol. The second kappa shape index (κ2) is 8.90. The van der Waals surface area contributed by atoms with Gasteiger partial charge in [0.15, 0.2) is 5.65 Å². The van der Waals surface area contributed by atoms with E-state index in [1.165, 1.54) is 6.07 Å². The van der Waals surface area contributed by atoms with Crippen molar-refractivity contribution >= 4 is 34.8 Å². The lowest BCUT2D eigenvalue weighted by atomic mass is 9.95. The van der Waals surface area contributed by atoms with Gasteiger partial charge >= 0.3 is 6.18 Å². The summed E-state index contributed by atoms with van der Waals surface area (Å²) >= 11 is 5.98. The molecule has 2 aliphatic rings. The number of piperidine rings is 1. The minimum atomic E-state index is -4.64. The Morgan fingerprint density at radius 3 is 2.29 bits per heavy atom. The molecule has 0 N–H and O–H groups in total. The summed E-state index contributed by atoms with van der Waals surface area (Å²) < 4.78 is 40.2. The summed E-state index contributed by atoms with van der Waals surface area (Å²) in [5, 5.41) is 11.3. The Morgan fingerprint density at radius 1 is 0.912 bits per heavy atom. The first-order valence-electron chi connectivity index (χ1n) is 11.0. The van der Waals surface area contributed by atoms with E-state index >= 15 is 0 Å². The molecule has 0 radical (unpaired) electrons. The third-order valence-corrected chi connectivity index (χ3v) is 6.50. The van der Waals surface area contributed by atoms with Gasteiger partial charge < -0.3 is 14.7 Å². The van der Waals surface area contributed by atoms with Crippen LogP contribution in [-0.4, -0.2) is 74.9 Å². The number of hydrogen-bond donors (Lipinski definition) is 0. The lowest BCUT2D eigenvalue weighted by molar-refractivity contribution is -0.146. The molecule has 3 aromatic heterocycles. The number of rotatable bonds is 3. The lowest BCUT2D eigenvalue weighted by Gasteiger charge is -2.39. The lowest BCUT2D eigenvalue weighted by Crippen LogP contribution is -2.52. The van der Waals surface area contributed by atoms with Gasteiger partial charge in [-0.15, -0.1) is 15.3 Å². The van der Waals surface area contributed by atoms with Gasteiger partial charge in [-0.2, -0.15) is 17.7 Å². The molecular formula is C21H22ClF3N8O. The van der Waals surface area contributed by atoms with Gasteiger partial charge in [0.2, 0.25) is 5.91 Å². The van der Waals surface area contributed by atoms with Gasteiger partial charge in [-0.05, 0) is 37.1 Å². The summed E-state index contributed by atoms with van der Waals surface area (Å²) in [5.41, 5.74) is 0.0354.